The molecule has 21 heavy (non-hydrogen) atoms. The number of benzene rings is 2. The van der Waals surface area contributed by atoms with Crippen molar-refractivity contribution in [3.63, 3.8) is 0 Å². The van der Waals surface area contributed by atoms with E-state index in [0.29, 0.717) is 16.9 Å². The summed E-state index contributed by atoms with van der Waals surface area (Å²) >= 11 is 0. The molecule has 2 aromatic carbocycles. The predicted molar refractivity (Wildman–Crippen MR) is 74.9 cm³/mol. The summed E-state index contributed by atoms with van der Waals surface area (Å²) < 4.78 is 32.8. The van der Waals surface area contributed by atoms with E-state index in [1.807, 2.05) is 0 Å². The summed E-state index contributed by atoms with van der Waals surface area (Å²) in [6.07, 6.45) is 0. The van der Waals surface area contributed by atoms with Crippen LogP contribution in [0, 0.1) is 29.9 Å². The molecule has 0 bridgehead atoms. The quantitative estimate of drug-likeness (QED) is 0.930. The fraction of sp³-hybridized carbons (Fsp3) is 0.188. The smallest absolute Gasteiger partial charge is 0.144 e. The summed E-state index contributed by atoms with van der Waals surface area (Å²) in [6.45, 7) is 3.31. The first-order valence-corrected chi connectivity index (χ1v) is 6.35. The summed E-state index contributed by atoms with van der Waals surface area (Å²) in [4.78, 5) is 0. The Balaban J connectivity index is 2.42. The summed E-state index contributed by atoms with van der Waals surface area (Å²) in [5.41, 5.74) is 6.63. The maximum atomic E-state index is 13.6. The zero-order valence-electron chi connectivity index (χ0n) is 11.7. The van der Waals surface area contributed by atoms with Gasteiger partial charge in [0.25, 0.3) is 0 Å². The van der Waals surface area contributed by atoms with Gasteiger partial charge in [0.1, 0.15) is 29.2 Å². The molecule has 2 N–H and O–H groups in total. The summed E-state index contributed by atoms with van der Waals surface area (Å²) in [7, 11) is 0. The molecule has 2 rings (SSSR count). The molecule has 0 saturated heterocycles. The first-order chi connectivity index (χ1) is 9.92. The van der Waals surface area contributed by atoms with Crippen molar-refractivity contribution in [2.45, 2.75) is 19.9 Å². The molecule has 0 amide bonds. The fourth-order valence-corrected chi connectivity index (χ4v) is 1.89. The van der Waals surface area contributed by atoms with Crippen LogP contribution < -0.4 is 10.5 Å². The molecular formula is C16H14F2N2O. The zero-order valence-corrected chi connectivity index (χ0v) is 11.7. The second-order valence-electron chi connectivity index (χ2n) is 4.78. The maximum Gasteiger partial charge on any atom is 0.144 e. The lowest BCUT2D eigenvalue weighted by atomic mass is 10.0. The van der Waals surface area contributed by atoms with Gasteiger partial charge < -0.3 is 10.5 Å². The SMILES string of the molecule is Cc1cc(Oc2ccc(C#N)c(F)c2)c([C@@H](C)N)cc1F. The van der Waals surface area contributed by atoms with Crippen molar-refractivity contribution in [2.24, 2.45) is 5.73 Å². The van der Waals surface area contributed by atoms with Crippen molar-refractivity contribution in [1.29, 1.82) is 5.26 Å². The van der Waals surface area contributed by atoms with Crippen LogP contribution in [0.5, 0.6) is 11.5 Å². The lowest BCUT2D eigenvalue weighted by Crippen LogP contribution is -2.08. The minimum absolute atomic E-state index is 0.0648. The standard InChI is InChI=1S/C16H14F2N2O/c1-9-5-16(13(10(2)20)7-14(9)17)21-12-4-3-11(8-19)15(18)6-12/h3-7,10H,20H2,1-2H3/t10-/m1/s1. The molecule has 0 aliphatic rings. The van der Waals surface area contributed by atoms with E-state index in [2.05, 4.69) is 0 Å². The Labute approximate surface area is 121 Å². The Kier molecular flexibility index (Phi) is 4.20. The number of ether oxygens (including phenoxy) is 1. The molecule has 0 aliphatic carbocycles. The van der Waals surface area contributed by atoms with Gasteiger partial charge in [0, 0.05) is 17.7 Å². The maximum absolute atomic E-state index is 13.6. The fourth-order valence-electron chi connectivity index (χ4n) is 1.89. The Bertz CT molecular complexity index is 721. The molecule has 0 spiro atoms. The Morgan fingerprint density at radius 3 is 2.48 bits per heavy atom. The van der Waals surface area contributed by atoms with E-state index in [4.69, 9.17) is 15.7 Å². The highest BCUT2D eigenvalue weighted by molar-refractivity contribution is 5.44. The van der Waals surface area contributed by atoms with Gasteiger partial charge in [-0.3, -0.25) is 0 Å². The van der Waals surface area contributed by atoms with E-state index in [-0.39, 0.29) is 17.1 Å². The summed E-state index contributed by atoms with van der Waals surface area (Å²) in [5.74, 6) is -0.454. The molecular weight excluding hydrogens is 274 g/mol. The average Bonchev–Trinajstić information content (AvgIpc) is 2.42. The van der Waals surface area contributed by atoms with Gasteiger partial charge in [-0.1, -0.05) is 0 Å². The van der Waals surface area contributed by atoms with Gasteiger partial charge in [-0.15, -0.1) is 0 Å². The van der Waals surface area contributed by atoms with Crippen molar-refractivity contribution in [3.8, 4) is 17.6 Å². The van der Waals surface area contributed by atoms with Crippen LogP contribution in [0.4, 0.5) is 8.78 Å². The molecule has 1 atom stereocenters. The largest absolute Gasteiger partial charge is 0.457 e. The Morgan fingerprint density at radius 2 is 1.90 bits per heavy atom. The molecule has 0 unspecified atom stereocenters. The lowest BCUT2D eigenvalue weighted by molar-refractivity contribution is 0.463. The normalized spacial score (nSPS) is 11.8. The van der Waals surface area contributed by atoms with Crippen LogP contribution in [-0.4, -0.2) is 0 Å². The molecule has 3 nitrogen and oxygen atoms in total. The summed E-state index contributed by atoms with van der Waals surface area (Å²) in [6, 6.07) is 8.05. The molecule has 0 saturated carbocycles. The van der Waals surface area contributed by atoms with Gasteiger partial charge in [0.05, 0.1) is 5.56 Å². The van der Waals surface area contributed by atoms with E-state index < -0.39 is 11.9 Å². The third-order valence-corrected chi connectivity index (χ3v) is 3.07. The van der Waals surface area contributed by atoms with Gasteiger partial charge in [0.2, 0.25) is 0 Å². The molecule has 0 aliphatic heterocycles. The lowest BCUT2D eigenvalue weighted by Gasteiger charge is -2.15. The Morgan fingerprint density at radius 1 is 1.19 bits per heavy atom. The van der Waals surface area contributed by atoms with Crippen molar-refractivity contribution < 1.29 is 13.5 Å². The van der Waals surface area contributed by atoms with Gasteiger partial charge in [-0.25, -0.2) is 8.78 Å². The minimum Gasteiger partial charge on any atom is -0.457 e. The monoisotopic (exact) mass is 288 g/mol. The van der Waals surface area contributed by atoms with Crippen LogP contribution in [0.15, 0.2) is 30.3 Å². The second-order valence-corrected chi connectivity index (χ2v) is 4.78. The number of halogens is 2. The first kappa shape index (κ1) is 14.9. The molecule has 0 fully saturated rings. The molecule has 0 heterocycles. The zero-order chi connectivity index (χ0) is 15.6. The third kappa shape index (κ3) is 3.18. The number of nitrogens with zero attached hydrogens (tertiary/aromatic N) is 1. The van der Waals surface area contributed by atoms with E-state index in [1.54, 1.807) is 19.9 Å². The number of nitrogens with two attached hydrogens (primary N) is 1. The van der Waals surface area contributed by atoms with E-state index in [0.717, 1.165) is 6.07 Å². The van der Waals surface area contributed by atoms with Crippen molar-refractivity contribution >= 4 is 0 Å². The van der Waals surface area contributed by atoms with Crippen molar-refractivity contribution in [2.75, 3.05) is 0 Å². The predicted octanol–water partition coefficient (Wildman–Crippen LogP) is 3.96. The summed E-state index contributed by atoms with van der Waals surface area (Å²) in [5, 5.41) is 8.69. The van der Waals surface area contributed by atoms with Gasteiger partial charge in [-0.2, -0.15) is 5.26 Å². The molecule has 0 radical (unpaired) electrons. The third-order valence-electron chi connectivity index (χ3n) is 3.07. The second kappa shape index (κ2) is 5.90. The van der Waals surface area contributed by atoms with Gasteiger partial charge >= 0.3 is 0 Å². The van der Waals surface area contributed by atoms with E-state index in [1.165, 1.54) is 24.3 Å². The van der Waals surface area contributed by atoms with Gasteiger partial charge in [-0.05, 0) is 43.7 Å². The van der Waals surface area contributed by atoms with Crippen LogP contribution in [0.25, 0.3) is 0 Å². The topological polar surface area (TPSA) is 59.0 Å². The van der Waals surface area contributed by atoms with Crippen LogP contribution in [-0.2, 0) is 0 Å². The van der Waals surface area contributed by atoms with Crippen LogP contribution in [0.3, 0.4) is 0 Å². The molecule has 5 heteroatoms. The molecule has 0 aromatic heterocycles. The highest BCUT2D eigenvalue weighted by Gasteiger charge is 2.14. The van der Waals surface area contributed by atoms with Crippen LogP contribution in [0.2, 0.25) is 0 Å². The van der Waals surface area contributed by atoms with Crippen LogP contribution >= 0.6 is 0 Å². The van der Waals surface area contributed by atoms with Gasteiger partial charge in [0.15, 0.2) is 0 Å². The minimum atomic E-state index is -0.670. The molecule has 108 valence electrons. The first-order valence-electron chi connectivity index (χ1n) is 6.35. The van der Waals surface area contributed by atoms with E-state index >= 15 is 0 Å². The highest BCUT2D eigenvalue weighted by Crippen LogP contribution is 2.31. The number of nitriles is 1. The number of hydrogen-bond acceptors (Lipinski definition) is 3. The average molecular weight is 288 g/mol. The molecule has 2 aromatic rings. The number of rotatable bonds is 3. The Hall–Kier alpha value is -2.45. The van der Waals surface area contributed by atoms with Crippen LogP contribution in [0.1, 0.15) is 29.7 Å². The highest BCUT2D eigenvalue weighted by atomic mass is 19.1. The van der Waals surface area contributed by atoms with E-state index in [9.17, 15) is 8.78 Å². The van der Waals surface area contributed by atoms with Crippen molar-refractivity contribution in [3.05, 3.63) is 58.7 Å². The number of hydrogen-bond donors (Lipinski definition) is 1. The number of aryl methyl sites for hydroxylation is 1. The van der Waals surface area contributed by atoms with Crippen molar-refractivity contribution in [1.82, 2.24) is 0 Å².